The normalized spacial score (nSPS) is 11.3. The number of benzene rings is 1. The van der Waals surface area contributed by atoms with Gasteiger partial charge in [-0.15, -0.1) is 10.2 Å². The number of hydrogen-bond acceptors (Lipinski definition) is 9. The lowest BCUT2D eigenvalue weighted by Crippen LogP contribution is -2.12. The second-order valence-corrected chi connectivity index (χ2v) is 7.72. The minimum Gasteiger partial charge on any atom is -0.334 e. The van der Waals surface area contributed by atoms with Crippen molar-refractivity contribution in [3.05, 3.63) is 30.1 Å². The number of anilines is 2. The molecule has 0 spiro atoms. The van der Waals surface area contributed by atoms with Crippen LogP contribution in [0.2, 0.25) is 0 Å². The van der Waals surface area contributed by atoms with E-state index in [9.17, 15) is 13.2 Å². The lowest BCUT2D eigenvalue weighted by atomic mass is 10.2. The number of nitrogens with zero attached hydrogens (tertiary/aromatic N) is 4. The second kappa shape index (κ2) is 6.57. The van der Waals surface area contributed by atoms with Crippen LogP contribution in [0, 0.1) is 6.92 Å². The molecule has 2 aromatic heterocycles. The van der Waals surface area contributed by atoms with Crippen molar-refractivity contribution in [2.24, 2.45) is 0 Å². The zero-order valence-corrected chi connectivity index (χ0v) is 14.7. The van der Waals surface area contributed by atoms with Crippen LogP contribution in [0.5, 0.6) is 0 Å². The van der Waals surface area contributed by atoms with Crippen molar-refractivity contribution in [1.29, 1.82) is 0 Å². The zero-order chi connectivity index (χ0) is 18.0. The van der Waals surface area contributed by atoms with Crippen molar-refractivity contribution in [1.82, 2.24) is 20.3 Å². The van der Waals surface area contributed by atoms with Crippen molar-refractivity contribution in [2.45, 2.75) is 18.2 Å². The highest BCUT2D eigenvalue weighted by Crippen LogP contribution is 2.24. The number of carbonyl (C=O) groups is 1. The van der Waals surface area contributed by atoms with Gasteiger partial charge in [-0.2, -0.15) is 13.4 Å². The van der Waals surface area contributed by atoms with Crippen molar-refractivity contribution in [2.75, 3.05) is 10.0 Å². The average Bonchev–Trinajstić information content (AvgIpc) is 3.17. The molecule has 0 saturated heterocycles. The molecule has 25 heavy (non-hydrogen) atoms. The largest absolute Gasteiger partial charge is 0.334 e. The molecule has 1 amide bonds. The van der Waals surface area contributed by atoms with Gasteiger partial charge in [-0.25, -0.2) is 0 Å². The molecule has 0 unspecified atom stereocenters. The Bertz CT molecular complexity index is 1010. The third-order valence-electron chi connectivity index (χ3n) is 2.83. The van der Waals surface area contributed by atoms with Crippen LogP contribution in [0.1, 0.15) is 12.7 Å². The molecule has 3 aromatic rings. The van der Waals surface area contributed by atoms with Gasteiger partial charge in [0, 0.05) is 18.2 Å². The quantitative estimate of drug-likeness (QED) is 0.637. The highest BCUT2D eigenvalue weighted by Gasteiger charge is 2.21. The summed E-state index contributed by atoms with van der Waals surface area (Å²) in [6, 6.07) is 6.41. The maximum atomic E-state index is 12.3. The van der Waals surface area contributed by atoms with Crippen LogP contribution in [0.25, 0.3) is 11.5 Å². The van der Waals surface area contributed by atoms with Gasteiger partial charge in [-0.3, -0.25) is 9.52 Å². The van der Waals surface area contributed by atoms with Gasteiger partial charge in [-0.1, -0.05) is 16.5 Å². The van der Waals surface area contributed by atoms with E-state index in [0.717, 1.165) is 11.3 Å². The molecular formula is C13H12N6O4S2. The summed E-state index contributed by atoms with van der Waals surface area (Å²) in [5.74, 6) is 0.488. The minimum absolute atomic E-state index is 0.106. The molecule has 0 fully saturated rings. The third-order valence-corrected chi connectivity index (χ3v) is 5.42. The van der Waals surface area contributed by atoms with Gasteiger partial charge in [0.2, 0.25) is 11.0 Å². The van der Waals surface area contributed by atoms with Crippen molar-refractivity contribution >= 4 is 38.1 Å². The Balaban J connectivity index is 1.76. The molecule has 0 aliphatic rings. The van der Waals surface area contributed by atoms with Gasteiger partial charge in [0.05, 0.1) is 0 Å². The van der Waals surface area contributed by atoms with Gasteiger partial charge in [-0.05, 0) is 31.2 Å². The fourth-order valence-electron chi connectivity index (χ4n) is 1.81. The number of nitrogens with one attached hydrogen (secondary N) is 2. The van der Waals surface area contributed by atoms with E-state index in [4.69, 9.17) is 4.52 Å². The first-order chi connectivity index (χ1) is 11.8. The van der Waals surface area contributed by atoms with Crippen LogP contribution in [0.3, 0.4) is 0 Å². The summed E-state index contributed by atoms with van der Waals surface area (Å²) < 4.78 is 31.8. The lowest BCUT2D eigenvalue weighted by molar-refractivity contribution is -0.114. The molecule has 0 atom stereocenters. The summed E-state index contributed by atoms with van der Waals surface area (Å²) in [4.78, 5) is 15.1. The molecule has 0 bridgehead atoms. The van der Waals surface area contributed by atoms with Gasteiger partial charge in [0.25, 0.3) is 20.3 Å². The monoisotopic (exact) mass is 380 g/mol. The number of amides is 1. The Morgan fingerprint density at radius 1 is 1.20 bits per heavy atom. The molecule has 2 N–H and O–H groups in total. The fourth-order valence-corrected chi connectivity index (χ4v) is 3.82. The molecule has 3 rings (SSSR count). The van der Waals surface area contributed by atoms with Crippen LogP contribution < -0.4 is 10.0 Å². The third kappa shape index (κ3) is 3.97. The molecule has 12 heteroatoms. The van der Waals surface area contributed by atoms with E-state index < -0.39 is 10.0 Å². The lowest BCUT2D eigenvalue weighted by Gasteiger charge is -2.05. The van der Waals surface area contributed by atoms with E-state index in [-0.39, 0.29) is 15.4 Å². The Morgan fingerprint density at radius 3 is 2.52 bits per heavy atom. The number of hydrogen-bond donors (Lipinski definition) is 2. The topological polar surface area (TPSA) is 140 Å². The van der Waals surface area contributed by atoms with Gasteiger partial charge >= 0.3 is 0 Å². The predicted molar refractivity (Wildman–Crippen MR) is 89.5 cm³/mol. The molecule has 0 aliphatic carbocycles. The van der Waals surface area contributed by atoms with E-state index in [0.29, 0.717) is 23.0 Å². The molecule has 10 nitrogen and oxygen atoms in total. The Kier molecular flexibility index (Phi) is 4.46. The number of aryl methyl sites for hydroxylation is 1. The van der Waals surface area contributed by atoms with Crippen LogP contribution in [0.4, 0.5) is 10.8 Å². The molecular weight excluding hydrogens is 368 g/mol. The van der Waals surface area contributed by atoms with Crippen LogP contribution >= 0.6 is 11.3 Å². The summed E-state index contributed by atoms with van der Waals surface area (Å²) in [6.45, 7) is 2.99. The Labute approximate surface area is 146 Å². The summed E-state index contributed by atoms with van der Waals surface area (Å²) >= 11 is 0.752. The highest BCUT2D eigenvalue weighted by atomic mass is 32.2. The molecule has 130 valence electrons. The Morgan fingerprint density at radius 2 is 1.92 bits per heavy atom. The number of carbonyl (C=O) groups excluding carboxylic acids is 1. The van der Waals surface area contributed by atoms with E-state index >= 15 is 0 Å². The summed E-state index contributed by atoms with van der Waals surface area (Å²) in [5, 5.41) is 13.4. The fraction of sp³-hybridized carbons (Fsp3) is 0.154. The first-order valence-electron chi connectivity index (χ1n) is 6.88. The number of rotatable bonds is 5. The first kappa shape index (κ1) is 17.0. The van der Waals surface area contributed by atoms with E-state index in [1.165, 1.54) is 6.92 Å². The molecule has 0 radical (unpaired) electrons. The van der Waals surface area contributed by atoms with E-state index in [2.05, 4.69) is 30.4 Å². The maximum absolute atomic E-state index is 12.3. The minimum atomic E-state index is -3.91. The standard InChI is InChI=1S/C13H12N6O4S2/c1-7-14-11(23-18-7)9-3-5-10(6-4-9)19-25(21,22)13-17-16-12(24-13)15-8(2)20/h3-6,19H,1-2H3,(H,15,16,20). The van der Waals surface area contributed by atoms with Gasteiger partial charge < -0.3 is 9.84 Å². The van der Waals surface area contributed by atoms with Crippen molar-refractivity contribution < 1.29 is 17.7 Å². The average molecular weight is 380 g/mol. The SMILES string of the molecule is CC(=O)Nc1nnc(S(=O)(=O)Nc2ccc(-c3nc(C)no3)cc2)s1. The van der Waals surface area contributed by atoms with E-state index in [1.54, 1.807) is 31.2 Å². The van der Waals surface area contributed by atoms with Crippen LogP contribution in [0.15, 0.2) is 33.1 Å². The summed E-state index contributed by atoms with van der Waals surface area (Å²) in [5.41, 5.74) is 0.990. The smallest absolute Gasteiger partial charge is 0.291 e. The predicted octanol–water partition coefficient (Wildman–Crippen LogP) is 1.66. The van der Waals surface area contributed by atoms with E-state index in [1.807, 2.05) is 0 Å². The van der Waals surface area contributed by atoms with Gasteiger partial charge in [0.1, 0.15) is 0 Å². The second-order valence-electron chi connectivity index (χ2n) is 4.88. The summed E-state index contributed by atoms with van der Waals surface area (Å²) in [7, 11) is -3.91. The first-order valence-corrected chi connectivity index (χ1v) is 9.18. The molecule has 2 heterocycles. The molecule has 0 saturated carbocycles. The van der Waals surface area contributed by atoms with Crippen LogP contribution in [-0.4, -0.2) is 34.7 Å². The van der Waals surface area contributed by atoms with Crippen LogP contribution in [-0.2, 0) is 14.8 Å². The molecule has 0 aliphatic heterocycles. The number of sulfonamides is 1. The summed E-state index contributed by atoms with van der Waals surface area (Å²) in [6.07, 6.45) is 0. The van der Waals surface area contributed by atoms with Crippen molar-refractivity contribution in [3.63, 3.8) is 0 Å². The van der Waals surface area contributed by atoms with Gasteiger partial charge in [0.15, 0.2) is 5.82 Å². The highest BCUT2D eigenvalue weighted by molar-refractivity contribution is 7.94. The zero-order valence-electron chi connectivity index (χ0n) is 13.0. The maximum Gasteiger partial charge on any atom is 0.291 e. The number of aromatic nitrogens is 4. The Hall–Kier alpha value is -2.86. The van der Waals surface area contributed by atoms with Crippen molar-refractivity contribution in [3.8, 4) is 11.5 Å². The molecule has 1 aromatic carbocycles.